The van der Waals surface area contributed by atoms with E-state index in [0.29, 0.717) is 30.6 Å². The van der Waals surface area contributed by atoms with E-state index in [1.807, 2.05) is 18.2 Å². The van der Waals surface area contributed by atoms with Crippen molar-refractivity contribution < 1.29 is 19.4 Å². The van der Waals surface area contributed by atoms with Gasteiger partial charge in [0, 0.05) is 10.8 Å². The fraction of sp³-hybridized carbons (Fsp3) is 0.562. The largest absolute Gasteiger partial charge is 0.491 e. The highest BCUT2D eigenvalue weighted by Gasteiger charge is 2.46. The fourth-order valence-electron chi connectivity index (χ4n) is 2.74. The first-order chi connectivity index (χ1) is 9.92. The van der Waals surface area contributed by atoms with E-state index in [1.165, 1.54) is 0 Å². The molecule has 0 atom stereocenters. The fourth-order valence-corrected chi connectivity index (χ4v) is 2.98. The maximum Gasteiger partial charge on any atom is 0.304 e. The number of carboxylic acid groups (broad SMARTS) is 1. The van der Waals surface area contributed by atoms with Gasteiger partial charge in [-0.25, -0.2) is 0 Å². The van der Waals surface area contributed by atoms with E-state index in [0.717, 1.165) is 18.4 Å². The summed E-state index contributed by atoms with van der Waals surface area (Å²) in [7, 11) is 0. The van der Waals surface area contributed by atoms with E-state index in [-0.39, 0.29) is 17.3 Å². The number of carbonyl (C=O) groups is 1. The summed E-state index contributed by atoms with van der Waals surface area (Å²) in [6.45, 7) is 4.12. The number of hydrogen-bond donors (Lipinski definition) is 1. The van der Waals surface area contributed by atoms with E-state index in [2.05, 4.69) is 6.92 Å². The molecule has 3 rings (SSSR count). The van der Waals surface area contributed by atoms with Crippen LogP contribution in [0.3, 0.4) is 0 Å². The summed E-state index contributed by atoms with van der Waals surface area (Å²) >= 11 is 6.29. The Morgan fingerprint density at radius 1 is 1.43 bits per heavy atom. The van der Waals surface area contributed by atoms with Gasteiger partial charge in [-0.3, -0.25) is 4.79 Å². The Kier molecular flexibility index (Phi) is 3.62. The number of rotatable bonds is 6. The molecule has 0 amide bonds. The molecule has 0 spiro atoms. The molecule has 0 radical (unpaired) electrons. The van der Waals surface area contributed by atoms with Crippen molar-refractivity contribution in [2.24, 2.45) is 5.41 Å². The lowest BCUT2D eigenvalue weighted by Gasteiger charge is -2.37. The van der Waals surface area contributed by atoms with E-state index in [9.17, 15) is 4.79 Å². The SMILES string of the molecule is CC1(COc2ccc(C3(CC(=O)O)CC3)cc2Cl)COC1. The molecule has 1 heterocycles. The molecule has 0 bridgehead atoms. The van der Waals surface area contributed by atoms with Crippen LogP contribution in [0.15, 0.2) is 18.2 Å². The molecular weight excluding hydrogens is 292 g/mol. The lowest BCUT2D eigenvalue weighted by atomic mass is 9.90. The first-order valence-electron chi connectivity index (χ1n) is 7.15. The van der Waals surface area contributed by atoms with Crippen LogP contribution in [-0.4, -0.2) is 30.9 Å². The van der Waals surface area contributed by atoms with Gasteiger partial charge in [0.2, 0.25) is 0 Å². The van der Waals surface area contributed by atoms with Crippen LogP contribution in [0.4, 0.5) is 0 Å². The summed E-state index contributed by atoms with van der Waals surface area (Å²) in [5.74, 6) is -0.110. The Labute approximate surface area is 129 Å². The smallest absolute Gasteiger partial charge is 0.304 e. The van der Waals surface area contributed by atoms with Crippen molar-refractivity contribution in [3.8, 4) is 5.75 Å². The standard InChI is InChI=1S/C16H19ClO4/c1-15(8-20-9-15)10-21-13-3-2-11(6-12(13)17)16(4-5-16)7-14(18)19/h2-3,6H,4-5,7-10H2,1H3,(H,18,19). The highest BCUT2D eigenvalue weighted by Crippen LogP contribution is 2.52. The number of ether oxygens (including phenoxy) is 2. The van der Waals surface area contributed by atoms with Crippen LogP contribution >= 0.6 is 11.6 Å². The summed E-state index contributed by atoms with van der Waals surface area (Å²) in [4.78, 5) is 11.0. The zero-order chi connectivity index (χ0) is 15.1. The predicted octanol–water partition coefficient (Wildman–Crippen LogP) is 3.26. The topological polar surface area (TPSA) is 55.8 Å². The third kappa shape index (κ3) is 3.01. The Hall–Kier alpha value is -1.26. The van der Waals surface area contributed by atoms with Gasteiger partial charge in [0.1, 0.15) is 5.75 Å². The van der Waals surface area contributed by atoms with E-state index in [1.54, 1.807) is 0 Å². The Bertz CT molecular complexity index is 561. The maximum atomic E-state index is 11.0. The minimum atomic E-state index is -0.762. The monoisotopic (exact) mass is 310 g/mol. The Morgan fingerprint density at radius 2 is 2.14 bits per heavy atom. The number of hydrogen-bond acceptors (Lipinski definition) is 3. The van der Waals surface area contributed by atoms with Gasteiger partial charge >= 0.3 is 5.97 Å². The first kappa shape index (κ1) is 14.7. The number of carboxylic acids is 1. The zero-order valence-corrected chi connectivity index (χ0v) is 12.8. The molecule has 0 aromatic heterocycles. The van der Waals surface area contributed by atoms with Crippen molar-refractivity contribution in [3.63, 3.8) is 0 Å². The van der Waals surface area contributed by atoms with Crippen molar-refractivity contribution >= 4 is 17.6 Å². The second-order valence-corrected chi connectivity index (χ2v) is 7.00. The molecule has 1 saturated heterocycles. The van der Waals surface area contributed by atoms with Crippen LogP contribution < -0.4 is 4.74 Å². The van der Waals surface area contributed by atoms with Gasteiger partial charge in [0.05, 0.1) is 31.3 Å². The molecule has 1 aromatic rings. The van der Waals surface area contributed by atoms with Crippen molar-refractivity contribution in [2.75, 3.05) is 19.8 Å². The van der Waals surface area contributed by atoms with Gasteiger partial charge in [-0.1, -0.05) is 24.6 Å². The first-order valence-corrected chi connectivity index (χ1v) is 7.53. The van der Waals surface area contributed by atoms with E-state index in [4.69, 9.17) is 26.2 Å². The summed E-state index contributed by atoms with van der Waals surface area (Å²) < 4.78 is 11.0. The molecule has 1 aliphatic heterocycles. The minimum absolute atomic E-state index is 0.0724. The van der Waals surface area contributed by atoms with Crippen molar-refractivity contribution in [3.05, 3.63) is 28.8 Å². The molecule has 1 saturated carbocycles. The molecule has 2 aliphatic rings. The molecule has 0 unspecified atom stereocenters. The highest BCUT2D eigenvalue weighted by molar-refractivity contribution is 6.32. The average molecular weight is 311 g/mol. The molecule has 2 fully saturated rings. The Morgan fingerprint density at radius 3 is 2.62 bits per heavy atom. The quantitative estimate of drug-likeness (QED) is 0.876. The molecule has 114 valence electrons. The normalized spacial score (nSPS) is 21.4. The highest BCUT2D eigenvalue weighted by atomic mass is 35.5. The summed E-state index contributed by atoms with van der Waals surface area (Å²) in [5, 5.41) is 9.56. The third-order valence-electron chi connectivity index (χ3n) is 4.36. The lowest BCUT2D eigenvalue weighted by Crippen LogP contribution is -2.44. The molecule has 21 heavy (non-hydrogen) atoms. The van der Waals surface area contributed by atoms with E-state index >= 15 is 0 Å². The van der Waals surface area contributed by atoms with E-state index < -0.39 is 5.97 Å². The summed E-state index contributed by atoms with van der Waals surface area (Å²) in [6, 6.07) is 5.64. The van der Waals surface area contributed by atoms with Crippen LogP contribution in [0.25, 0.3) is 0 Å². The maximum absolute atomic E-state index is 11.0. The summed E-state index contributed by atoms with van der Waals surface area (Å²) in [6.07, 6.45) is 1.98. The average Bonchev–Trinajstić information content (AvgIpc) is 3.15. The van der Waals surface area contributed by atoms with Crippen LogP contribution in [0.1, 0.15) is 31.7 Å². The van der Waals surface area contributed by atoms with Gasteiger partial charge in [0.15, 0.2) is 0 Å². The van der Waals surface area contributed by atoms with Gasteiger partial charge in [0.25, 0.3) is 0 Å². The summed E-state index contributed by atoms with van der Waals surface area (Å²) in [5.41, 5.74) is 0.852. The van der Waals surface area contributed by atoms with Gasteiger partial charge < -0.3 is 14.6 Å². The number of benzene rings is 1. The molecule has 1 aromatic carbocycles. The van der Waals surface area contributed by atoms with Crippen LogP contribution in [-0.2, 0) is 14.9 Å². The number of halogens is 1. The molecule has 4 nitrogen and oxygen atoms in total. The Balaban J connectivity index is 1.69. The molecular formula is C16H19ClO4. The van der Waals surface area contributed by atoms with Crippen LogP contribution in [0.5, 0.6) is 5.75 Å². The van der Waals surface area contributed by atoms with Crippen LogP contribution in [0.2, 0.25) is 5.02 Å². The van der Waals surface area contributed by atoms with Gasteiger partial charge in [-0.15, -0.1) is 0 Å². The zero-order valence-electron chi connectivity index (χ0n) is 12.0. The predicted molar refractivity (Wildman–Crippen MR) is 79.0 cm³/mol. The lowest BCUT2D eigenvalue weighted by molar-refractivity contribution is -0.137. The molecule has 1 N–H and O–H groups in total. The number of aliphatic carboxylic acids is 1. The molecule has 5 heteroatoms. The minimum Gasteiger partial charge on any atom is -0.491 e. The van der Waals surface area contributed by atoms with Crippen LogP contribution in [0, 0.1) is 5.41 Å². The second kappa shape index (κ2) is 5.18. The van der Waals surface area contributed by atoms with Crippen molar-refractivity contribution in [1.82, 2.24) is 0 Å². The third-order valence-corrected chi connectivity index (χ3v) is 4.66. The van der Waals surface area contributed by atoms with Crippen molar-refractivity contribution in [1.29, 1.82) is 0 Å². The van der Waals surface area contributed by atoms with Crippen molar-refractivity contribution in [2.45, 2.75) is 31.6 Å². The van der Waals surface area contributed by atoms with Gasteiger partial charge in [-0.05, 0) is 30.5 Å². The molecule has 1 aliphatic carbocycles. The second-order valence-electron chi connectivity index (χ2n) is 6.59. The van der Waals surface area contributed by atoms with Gasteiger partial charge in [-0.2, -0.15) is 0 Å².